The molecule has 2 fully saturated rings. The zero-order valence-corrected chi connectivity index (χ0v) is 22.8. The molecular formula is C27H31FN2O5S2. The Bertz CT molecular complexity index is 1330. The Morgan fingerprint density at radius 3 is 2.49 bits per heavy atom. The van der Waals surface area contributed by atoms with Gasteiger partial charge in [0, 0.05) is 25.3 Å². The minimum atomic E-state index is -3.92. The molecule has 198 valence electrons. The molecule has 7 nitrogen and oxygen atoms in total. The van der Waals surface area contributed by atoms with Crippen LogP contribution < -0.4 is 9.64 Å². The van der Waals surface area contributed by atoms with Crippen molar-refractivity contribution < 1.29 is 27.1 Å². The summed E-state index contributed by atoms with van der Waals surface area (Å²) in [6.07, 6.45) is 7.65. The molecule has 37 heavy (non-hydrogen) atoms. The number of fused-ring (bicyclic) bond motifs is 1. The Hall–Kier alpha value is -2.56. The fraction of sp³-hybridized carbons (Fsp3) is 0.444. The van der Waals surface area contributed by atoms with Crippen molar-refractivity contribution in [3.8, 4) is 5.75 Å². The van der Waals surface area contributed by atoms with Gasteiger partial charge >= 0.3 is 5.97 Å². The molecule has 2 saturated carbocycles. The van der Waals surface area contributed by atoms with Gasteiger partial charge in [-0.1, -0.05) is 24.6 Å². The fourth-order valence-corrected chi connectivity index (χ4v) is 8.21. The average molecular weight is 547 g/mol. The van der Waals surface area contributed by atoms with Gasteiger partial charge in [-0.25, -0.2) is 13.2 Å². The molecule has 2 aromatic rings. The van der Waals surface area contributed by atoms with Crippen molar-refractivity contribution >= 4 is 39.1 Å². The summed E-state index contributed by atoms with van der Waals surface area (Å²) in [6, 6.07) is 13.0. The molecule has 2 aromatic carbocycles. The van der Waals surface area contributed by atoms with E-state index in [1.54, 1.807) is 24.3 Å². The molecule has 0 amide bonds. The molecule has 0 saturated heterocycles. The van der Waals surface area contributed by atoms with Gasteiger partial charge in [0.2, 0.25) is 15.9 Å². The molecular weight excluding hydrogens is 515 g/mol. The lowest BCUT2D eigenvalue weighted by Gasteiger charge is -2.63. The van der Waals surface area contributed by atoms with Crippen LogP contribution in [0, 0.1) is 5.41 Å². The summed E-state index contributed by atoms with van der Waals surface area (Å²) in [5, 5.41) is 0. The zero-order chi connectivity index (χ0) is 26.4. The molecule has 1 aliphatic heterocycles. The van der Waals surface area contributed by atoms with E-state index in [2.05, 4.69) is 9.64 Å². The number of hydrogen-bond donors (Lipinski definition) is 0. The second kappa shape index (κ2) is 9.63. The van der Waals surface area contributed by atoms with Gasteiger partial charge in [-0.3, -0.25) is 0 Å². The van der Waals surface area contributed by atoms with Gasteiger partial charge < -0.3 is 14.4 Å². The number of esters is 1. The molecule has 0 radical (unpaired) electrons. The first-order valence-corrected chi connectivity index (χ1v) is 15.0. The van der Waals surface area contributed by atoms with Gasteiger partial charge in [0.25, 0.3) is 0 Å². The Kier molecular flexibility index (Phi) is 6.79. The second-order valence-corrected chi connectivity index (χ2v) is 12.9. The monoisotopic (exact) mass is 546 g/mol. The van der Waals surface area contributed by atoms with Gasteiger partial charge in [-0.15, -0.1) is 11.8 Å². The first-order valence-electron chi connectivity index (χ1n) is 12.4. The Balaban J connectivity index is 1.62. The summed E-state index contributed by atoms with van der Waals surface area (Å²) >= 11 is 1.35. The number of sulfonamides is 1. The number of anilines is 2. The lowest BCUT2D eigenvalue weighted by atomic mass is 9.48. The minimum Gasteiger partial charge on any atom is -0.461 e. The quantitative estimate of drug-likeness (QED) is 0.201. The molecule has 5 rings (SSSR count). The van der Waals surface area contributed by atoms with E-state index < -0.39 is 27.4 Å². The summed E-state index contributed by atoms with van der Waals surface area (Å²) in [5.74, 6) is -2.19. The molecule has 1 heterocycles. The highest BCUT2D eigenvalue weighted by Gasteiger charge is 2.62. The Morgan fingerprint density at radius 1 is 1.19 bits per heavy atom. The first-order chi connectivity index (χ1) is 17.6. The van der Waals surface area contributed by atoms with Crippen molar-refractivity contribution in [2.45, 2.75) is 54.4 Å². The van der Waals surface area contributed by atoms with E-state index in [-0.39, 0.29) is 22.7 Å². The molecule has 0 aromatic heterocycles. The number of hydrogen-bond acceptors (Lipinski definition) is 7. The number of benzene rings is 2. The van der Waals surface area contributed by atoms with E-state index in [0.29, 0.717) is 23.4 Å². The number of rotatable bonds is 6. The van der Waals surface area contributed by atoms with E-state index >= 15 is 0 Å². The molecule has 0 bridgehead atoms. The number of halogens is 1. The van der Waals surface area contributed by atoms with Gasteiger partial charge in [-0.2, -0.15) is 8.70 Å². The number of ether oxygens (including phenoxy) is 2. The van der Waals surface area contributed by atoms with Gasteiger partial charge in [-0.05, 0) is 62.5 Å². The van der Waals surface area contributed by atoms with E-state index in [9.17, 15) is 17.6 Å². The van der Waals surface area contributed by atoms with E-state index in [0.717, 1.165) is 31.4 Å². The molecule has 0 unspecified atom stereocenters. The standard InChI is InChI=1S/C27H31FN2O5S2/c1-4-34-25(31)20(28)15-35-22-14-24-21(13-23(22)36-3)30(19-9-6-5-7-10-19)18-27(29(2)37(24,32)33)16-26(17-27)11-8-12-26/h5-7,9-10,13-15H,4,8,11-12,16-18H2,1-3H3/b20-15-. The smallest absolute Gasteiger partial charge is 0.370 e. The van der Waals surface area contributed by atoms with Gasteiger partial charge in [0.05, 0.1) is 22.7 Å². The number of carbonyl (C=O) groups excluding carboxylic acids is 1. The van der Waals surface area contributed by atoms with Crippen molar-refractivity contribution in [2.75, 3.05) is 31.4 Å². The van der Waals surface area contributed by atoms with Crippen LogP contribution in [0.25, 0.3) is 0 Å². The van der Waals surface area contributed by atoms with Crippen LogP contribution in [0.1, 0.15) is 39.0 Å². The SMILES string of the molecule is CCOC(=O)/C(F)=C/Oc1cc2c(cc1SC)N(c1ccccc1)CC1(CC3(CCC3)C1)N(C)S2(=O)=O. The molecule has 10 heteroatoms. The third-order valence-corrected chi connectivity index (χ3v) is 10.7. The lowest BCUT2D eigenvalue weighted by Crippen LogP contribution is -2.67. The van der Waals surface area contributed by atoms with E-state index in [1.807, 2.05) is 36.6 Å². The fourth-order valence-electron chi connectivity index (χ4n) is 5.99. The van der Waals surface area contributed by atoms with E-state index in [4.69, 9.17) is 4.74 Å². The average Bonchev–Trinajstić information content (AvgIpc) is 2.92. The predicted molar refractivity (Wildman–Crippen MR) is 141 cm³/mol. The highest BCUT2D eigenvalue weighted by Crippen LogP contribution is 2.64. The van der Waals surface area contributed by atoms with Crippen LogP contribution in [-0.4, -0.2) is 50.7 Å². The normalized spacial score (nSPS) is 21.5. The van der Waals surface area contributed by atoms with Crippen molar-refractivity contribution in [3.63, 3.8) is 0 Å². The maximum atomic E-state index is 14.2. The summed E-state index contributed by atoms with van der Waals surface area (Å²) in [7, 11) is -2.25. The number of thioether (sulfide) groups is 1. The maximum Gasteiger partial charge on any atom is 0.370 e. The molecule has 2 spiro atoms. The molecule has 2 aliphatic carbocycles. The zero-order valence-electron chi connectivity index (χ0n) is 21.2. The summed E-state index contributed by atoms with van der Waals surface area (Å²) < 4.78 is 54.1. The largest absolute Gasteiger partial charge is 0.461 e. The highest BCUT2D eigenvalue weighted by molar-refractivity contribution is 7.98. The van der Waals surface area contributed by atoms with Crippen LogP contribution in [0.3, 0.4) is 0 Å². The van der Waals surface area contributed by atoms with Crippen molar-refractivity contribution in [3.05, 3.63) is 54.6 Å². The van der Waals surface area contributed by atoms with E-state index in [1.165, 1.54) is 24.2 Å². The highest BCUT2D eigenvalue weighted by atomic mass is 32.2. The summed E-state index contributed by atoms with van der Waals surface area (Å²) in [6.45, 7) is 2.14. The van der Waals surface area contributed by atoms with Crippen LogP contribution in [0.2, 0.25) is 0 Å². The number of nitrogens with zero attached hydrogens (tertiary/aromatic N) is 2. The van der Waals surface area contributed by atoms with Crippen LogP contribution in [0.15, 0.2) is 64.3 Å². The van der Waals surface area contributed by atoms with Crippen molar-refractivity contribution in [2.24, 2.45) is 5.41 Å². The number of para-hydroxylation sites is 1. The summed E-state index contributed by atoms with van der Waals surface area (Å²) in [4.78, 5) is 14.5. The summed E-state index contributed by atoms with van der Waals surface area (Å²) in [5.41, 5.74) is 1.18. The molecule has 0 atom stereocenters. The topological polar surface area (TPSA) is 76.2 Å². The lowest BCUT2D eigenvalue weighted by molar-refractivity contribution is -0.140. The van der Waals surface area contributed by atoms with Crippen LogP contribution >= 0.6 is 11.8 Å². The second-order valence-electron chi connectivity index (χ2n) is 10.1. The van der Waals surface area contributed by atoms with Crippen LogP contribution in [0.5, 0.6) is 5.75 Å². The Morgan fingerprint density at radius 2 is 1.89 bits per heavy atom. The van der Waals surface area contributed by atoms with Crippen molar-refractivity contribution in [1.29, 1.82) is 0 Å². The van der Waals surface area contributed by atoms with Crippen LogP contribution in [-0.2, 0) is 19.6 Å². The predicted octanol–water partition coefficient (Wildman–Crippen LogP) is 5.64. The maximum absolute atomic E-state index is 14.2. The third-order valence-electron chi connectivity index (χ3n) is 7.94. The molecule has 3 aliphatic rings. The first kappa shape index (κ1) is 26.1. The Labute approximate surface area is 221 Å². The van der Waals surface area contributed by atoms with Gasteiger partial charge in [0.15, 0.2) is 0 Å². The number of likely N-dealkylation sites (N-methyl/N-ethyl adjacent to an activating group) is 1. The molecule has 0 N–H and O–H groups in total. The van der Waals surface area contributed by atoms with Gasteiger partial charge in [0.1, 0.15) is 16.9 Å². The third kappa shape index (κ3) is 4.42. The van der Waals surface area contributed by atoms with Crippen molar-refractivity contribution in [1.82, 2.24) is 4.31 Å². The minimum absolute atomic E-state index is 0.0257. The van der Waals surface area contributed by atoms with Crippen LogP contribution in [0.4, 0.5) is 15.8 Å². The number of carbonyl (C=O) groups is 1.